The van der Waals surface area contributed by atoms with Gasteiger partial charge >= 0.3 is 0 Å². The summed E-state index contributed by atoms with van der Waals surface area (Å²) in [5.74, 6) is 1.37. The van der Waals surface area contributed by atoms with Gasteiger partial charge in [-0.2, -0.15) is 4.98 Å². The molecule has 20 heavy (non-hydrogen) atoms. The van der Waals surface area contributed by atoms with Crippen molar-refractivity contribution >= 4 is 0 Å². The van der Waals surface area contributed by atoms with Crippen molar-refractivity contribution in [1.82, 2.24) is 20.4 Å². The zero-order valence-electron chi connectivity index (χ0n) is 12.0. The van der Waals surface area contributed by atoms with E-state index in [0.717, 1.165) is 44.1 Å². The molecule has 2 heterocycles. The fourth-order valence-electron chi connectivity index (χ4n) is 2.38. The molecule has 0 spiro atoms. The molecule has 5 nitrogen and oxygen atoms in total. The van der Waals surface area contributed by atoms with Crippen molar-refractivity contribution in [2.75, 3.05) is 26.2 Å². The summed E-state index contributed by atoms with van der Waals surface area (Å²) in [7, 11) is 0. The van der Waals surface area contributed by atoms with Crippen LogP contribution in [0.15, 0.2) is 22.7 Å². The Labute approximate surface area is 119 Å². The van der Waals surface area contributed by atoms with E-state index in [0.29, 0.717) is 5.89 Å². The number of hydrogen-bond acceptors (Lipinski definition) is 5. The third-order valence-electron chi connectivity index (χ3n) is 3.80. The third-order valence-corrected chi connectivity index (χ3v) is 3.80. The number of rotatable bonds is 3. The van der Waals surface area contributed by atoms with Crippen LogP contribution in [-0.4, -0.2) is 41.2 Å². The van der Waals surface area contributed by atoms with E-state index in [1.54, 1.807) is 0 Å². The molecular formula is C15H20N4O. The largest absolute Gasteiger partial charge is 0.334 e. The Hall–Kier alpha value is -1.72. The summed E-state index contributed by atoms with van der Waals surface area (Å²) in [4.78, 5) is 6.84. The quantitative estimate of drug-likeness (QED) is 0.922. The van der Waals surface area contributed by atoms with Gasteiger partial charge < -0.3 is 9.84 Å². The van der Waals surface area contributed by atoms with Gasteiger partial charge in [-0.25, -0.2) is 0 Å². The van der Waals surface area contributed by atoms with Gasteiger partial charge in [0.25, 0.3) is 5.89 Å². The minimum atomic E-state index is 0.609. The second-order valence-corrected chi connectivity index (χ2v) is 5.34. The van der Waals surface area contributed by atoms with Crippen LogP contribution in [0.4, 0.5) is 0 Å². The van der Waals surface area contributed by atoms with Crippen LogP contribution in [0, 0.1) is 13.8 Å². The molecule has 0 radical (unpaired) electrons. The second-order valence-electron chi connectivity index (χ2n) is 5.34. The van der Waals surface area contributed by atoms with Gasteiger partial charge in [0.2, 0.25) is 0 Å². The highest BCUT2D eigenvalue weighted by molar-refractivity contribution is 5.55. The van der Waals surface area contributed by atoms with E-state index in [1.807, 2.05) is 6.07 Å². The summed E-state index contributed by atoms with van der Waals surface area (Å²) in [5, 5.41) is 7.43. The van der Waals surface area contributed by atoms with E-state index in [1.165, 1.54) is 11.1 Å². The first-order valence-electron chi connectivity index (χ1n) is 7.05. The fraction of sp³-hybridized carbons (Fsp3) is 0.467. The standard InChI is InChI=1S/C15H20N4O/c1-11-3-4-13(9-12(11)2)15-17-14(18-20-15)10-19-7-5-16-6-8-19/h3-4,9,16H,5-8,10H2,1-2H3. The van der Waals surface area contributed by atoms with Crippen molar-refractivity contribution < 1.29 is 4.52 Å². The average Bonchev–Trinajstić information content (AvgIpc) is 2.91. The van der Waals surface area contributed by atoms with E-state index in [4.69, 9.17) is 4.52 Å². The van der Waals surface area contributed by atoms with E-state index >= 15 is 0 Å². The summed E-state index contributed by atoms with van der Waals surface area (Å²) in [6.07, 6.45) is 0. The normalized spacial score (nSPS) is 16.5. The Kier molecular flexibility index (Phi) is 3.80. The van der Waals surface area contributed by atoms with Crippen molar-refractivity contribution in [3.05, 3.63) is 35.2 Å². The molecule has 0 atom stereocenters. The number of hydrogen-bond donors (Lipinski definition) is 1. The Bertz CT molecular complexity index is 587. The van der Waals surface area contributed by atoms with Gasteiger partial charge in [0.15, 0.2) is 5.82 Å². The Balaban J connectivity index is 1.73. The molecule has 1 aliphatic rings. The molecule has 0 unspecified atom stereocenters. The van der Waals surface area contributed by atoms with Crippen LogP contribution in [0.3, 0.4) is 0 Å². The Morgan fingerprint density at radius 2 is 2.00 bits per heavy atom. The minimum Gasteiger partial charge on any atom is -0.334 e. The van der Waals surface area contributed by atoms with Gasteiger partial charge in [0.05, 0.1) is 6.54 Å². The van der Waals surface area contributed by atoms with E-state index < -0.39 is 0 Å². The third kappa shape index (κ3) is 2.89. The van der Waals surface area contributed by atoms with E-state index in [2.05, 4.69) is 46.3 Å². The molecule has 0 aliphatic carbocycles. The molecular weight excluding hydrogens is 252 g/mol. The molecule has 3 rings (SSSR count). The molecule has 1 fully saturated rings. The number of piperazine rings is 1. The molecule has 1 saturated heterocycles. The van der Waals surface area contributed by atoms with Gasteiger partial charge in [0, 0.05) is 31.7 Å². The van der Waals surface area contributed by atoms with Gasteiger partial charge in [-0.3, -0.25) is 4.90 Å². The smallest absolute Gasteiger partial charge is 0.257 e. The topological polar surface area (TPSA) is 54.2 Å². The minimum absolute atomic E-state index is 0.609. The summed E-state index contributed by atoms with van der Waals surface area (Å²) in [6.45, 7) is 9.08. The van der Waals surface area contributed by atoms with Crippen molar-refractivity contribution in [2.24, 2.45) is 0 Å². The molecule has 1 N–H and O–H groups in total. The summed E-state index contributed by atoms with van der Waals surface area (Å²) in [6, 6.07) is 6.22. The van der Waals surface area contributed by atoms with Gasteiger partial charge in [-0.1, -0.05) is 11.2 Å². The highest BCUT2D eigenvalue weighted by atomic mass is 16.5. The highest BCUT2D eigenvalue weighted by Gasteiger charge is 2.15. The lowest BCUT2D eigenvalue weighted by molar-refractivity contribution is 0.225. The predicted molar refractivity (Wildman–Crippen MR) is 77.4 cm³/mol. The SMILES string of the molecule is Cc1ccc(-c2nc(CN3CCNCC3)no2)cc1C. The summed E-state index contributed by atoms with van der Waals surface area (Å²) >= 11 is 0. The van der Waals surface area contributed by atoms with Crippen molar-refractivity contribution in [3.8, 4) is 11.5 Å². The first kappa shape index (κ1) is 13.3. The lowest BCUT2D eigenvalue weighted by atomic mass is 10.1. The van der Waals surface area contributed by atoms with Crippen LogP contribution in [0.5, 0.6) is 0 Å². The fourth-order valence-corrected chi connectivity index (χ4v) is 2.38. The maximum Gasteiger partial charge on any atom is 0.257 e. The van der Waals surface area contributed by atoms with Crippen molar-refractivity contribution in [1.29, 1.82) is 0 Å². The zero-order chi connectivity index (χ0) is 13.9. The van der Waals surface area contributed by atoms with Gasteiger partial charge in [-0.15, -0.1) is 0 Å². The first-order valence-corrected chi connectivity index (χ1v) is 7.05. The lowest BCUT2D eigenvalue weighted by Crippen LogP contribution is -2.43. The molecule has 1 aromatic carbocycles. The maximum atomic E-state index is 5.38. The molecule has 1 aromatic heterocycles. The number of aryl methyl sites for hydroxylation is 2. The van der Waals surface area contributed by atoms with Crippen LogP contribution in [-0.2, 0) is 6.54 Å². The van der Waals surface area contributed by atoms with Crippen molar-refractivity contribution in [3.63, 3.8) is 0 Å². The van der Waals surface area contributed by atoms with E-state index in [-0.39, 0.29) is 0 Å². The predicted octanol–water partition coefficient (Wildman–Crippen LogP) is 1.76. The molecule has 0 bridgehead atoms. The highest BCUT2D eigenvalue weighted by Crippen LogP contribution is 2.20. The maximum absolute atomic E-state index is 5.38. The molecule has 1 aliphatic heterocycles. The molecule has 5 heteroatoms. The number of nitrogens with one attached hydrogen (secondary N) is 1. The monoisotopic (exact) mass is 272 g/mol. The van der Waals surface area contributed by atoms with Gasteiger partial charge in [-0.05, 0) is 37.1 Å². The molecule has 2 aromatic rings. The summed E-state index contributed by atoms with van der Waals surface area (Å²) < 4.78 is 5.38. The first-order chi connectivity index (χ1) is 9.72. The molecule has 106 valence electrons. The number of benzene rings is 1. The summed E-state index contributed by atoms with van der Waals surface area (Å²) in [5.41, 5.74) is 3.51. The molecule has 0 saturated carbocycles. The van der Waals surface area contributed by atoms with E-state index in [9.17, 15) is 0 Å². The molecule has 0 amide bonds. The second kappa shape index (κ2) is 5.73. The van der Waals surface area contributed by atoms with Crippen LogP contribution in [0.25, 0.3) is 11.5 Å². The van der Waals surface area contributed by atoms with Crippen LogP contribution >= 0.6 is 0 Å². The Morgan fingerprint density at radius 1 is 1.20 bits per heavy atom. The Morgan fingerprint density at radius 3 is 2.75 bits per heavy atom. The number of nitrogens with zero attached hydrogens (tertiary/aromatic N) is 3. The number of aromatic nitrogens is 2. The lowest BCUT2D eigenvalue weighted by Gasteiger charge is -2.25. The van der Waals surface area contributed by atoms with Crippen LogP contribution < -0.4 is 5.32 Å². The van der Waals surface area contributed by atoms with Gasteiger partial charge in [0.1, 0.15) is 0 Å². The van der Waals surface area contributed by atoms with Crippen molar-refractivity contribution in [2.45, 2.75) is 20.4 Å². The van der Waals surface area contributed by atoms with Crippen LogP contribution in [0.1, 0.15) is 17.0 Å². The average molecular weight is 272 g/mol. The van der Waals surface area contributed by atoms with Crippen LogP contribution in [0.2, 0.25) is 0 Å². The zero-order valence-corrected chi connectivity index (χ0v) is 12.0.